The number of carbonyl (C=O) groups excluding carboxylic acids is 2. The standard InChI is InChI=1S/C76H151NO5/c1-3-5-7-9-11-13-15-17-19-21-34-37-40-44-48-52-56-60-64-68-74(79)73(72-78)77-75(80)69-65-61-57-53-49-45-41-38-35-32-30-28-26-24-22-23-25-27-29-31-33-36-39-43-47-51-55-59-63-67-71-82-76(81)70-66-62-58-54-50-46-42-20-18-16-14-12-10-8-6-4-2/h73-74,78-79H,3-72H2,1-2H3,(H,77,80). The van der Waals surface area contributed by atoms with Gasteiger partial charge in [0.2, 0.25) is 5.91 Å². The van der Waals surface area contributed by atoms with Gasteiger partial charge >= 0.3 is 5.97 Å². The van der Waals surface area contributed by atoms with E-state index in [4.69, 9.17) is 4.74 Å². The van der Waals surface area contributed by atoms with Crippen LogP contribution >= 0.6 is 0 Å². The molecule has 6 heteroatoms. The van der Waals surface area contributed by atoms with Gasteiger partial charge in [-0.05, 0) is 25.7 Å². The van der Waals surface area contributed by atoms with Gasteiger partial charge in [-0.25, -0.2) is 0 Å². The van der Waals surface area contributed by atoms with Crippen LogP contribution in [0.5, 0.6) is 0 Å². The lowest BCUT2D eigenvalue weighted by Crippen LogP contribution is -2.45. The van der Waals surface area contributed by atoms with E-state index in [1.165, 1.54) is 379 Å². The molecule has 2 atom stereocenters. The van der Waals surface area contributed by atoms with Crippen LogP contribution in [-0.4, -0.2) is 47.4 Å². The zero-order chi connectivity index (χ0) is 59.2. The Bertz CT molecular complexity index is 1200. The molecule has 1 amide bonds. The molecule has 0 aromatic rings. The summed E-state index contributed by atoms with van der Waals surface area (Å²) in [6.45, 7) is 5.02. The Balaban J connectivity index is 3.31. The molecule has 0 heterocycles. The summed E-state index contributed by atoms with van der Waals surface area (Å²) >= 11 is 0. The minimum absolute atomic E-state index is 0.0251. The Morgan fingerprint density at radius 1 is 0.293 bits per heavy atom. The van der Waals surface area contributed by atoms with Gasteiger partial charge in [-0.3, -0.25) is 9.59 Å². The van der Waals surface area contributed by atoms with Gasteiger partial charge in [-0.2, -0.15) is 0 Å². The highest BCUT2D eigenvalue weighted by Gasteiger charge is 2.20. The van der Waals surface area contributed by atoms with E-state index < -0.39 is 12.1 Å². The summed E-state index contributed by atoms with van der Waals surface area (Å²) in [6.07, 6.45) is 88.9. The first kappa shape index (κ1) is 80.9. The molecule has 0 aliphatic heterocycles. The summed E-state index contributed by atoms with van der Waals surface area (Å²) in [7, 11) is 0. The summed E-state index contributed by atoms with van der Waals surface area (Å²) in [5.74, 6) is -0.000545. The SMILES string of the molecule is CCCCCCCCCCCCCCCCCCCCCC(O)C(CO)NC(=O)CCCCCCCCCCCCCCCCCCCCCCCCCCCCCCCCOC(=O)CCCCCCCCCCCCCCCCCC. The second-order valence-corrected chi connectivity index (χ2v) is 26.7. The Labute approximate surface area is 515 Å². The van der Waals surface area contributed by atoms with Gasteiger partial charge in [0.15, 0.2) is 0 Å². The van der Waals surface area contributed by atoms with E-state index in [-0.39, 0.29) is 18.5 Å². The van der Waals surface area contributed by atoms with Crippen LogP contribution in [0.25, 0.3) is 0 Å². The van der Waals surface area contributed by atoms with Gasteiger partial charge in [0.25, 0.3) is 0 Å². The highest BCUT2D eigenvalue weighted by molar-refractivity contribution is 5.76. The summed E-state index contributed by atoms with van der Waals surface area (Å²) in [5.41, 5.74) is 0. The Hall–Kier alpha value is -1.14. The first-order valence-corrected chi connectivity index (χ1v) is 38.3. The number of esters is 1. The number of hydrogen-bond donors (Lipinski definition) is 3. The third-order valence-corrected chi connectivity index (χ3v) is 18.4. The Morgan fingerprint density at radius 3 is 0.744 bits per heavy atom. The van der Waals surface area contributed by atoms with Crippen molar-refractivity contribution in [3.63, 3.8) is 0 Å². The molecule has 490 valence electrons. The van der Waals surface area contributed by atoms with E-state index >= 15 is 0 Å². The van der Waals surface area contributed by atoms with Crippen LogP contribution in [0.4, 0.5) is 0 Å². The number of carbonyl (C=O) groups is 2. The van der Waals surface area contributed by atoms with Crippen molar-refractivity contribution in [2.75, 3.05) is 13.2 Å². The molecule has 0 aromatic heterocycles. The van der Waals surface area contributed by atoms with Crippen molar-refractivity contribution < 1.29 is 24.5 Å². The van der Waals surface area contributed by atoms with E-state index in [1.807, 2.05) is 0 Å². The molecule has 0 aromatic carbocycles. The lowest BCUT2D eigenvalue weighted by Gasteiger charge is -2.22. The van der Waals surface area contributed by atoms with Crippen LogP contribution in [0.3, 0.4) is 0 Å². The molecule has 0 aliphatic rings. The van der Waals surface area contributed by atoms with Gasteiger partial charge in [0.1, 0.15) is 0 Å². The minimum atomic E-state index is -0.661. The molecular formula is C76H151NO5. The molecule has 0 fully saturated rings. The quantitative estimate of drug-likeness (QED) is 0.0417. The first-order chi connectivity index (χ1) is 40.5. The molecule has 0 saturated carbocycles. The fourth-order valence-electron chi connectivity index (χ4n) is 12.6. The molecule has 0 spiro atoms. The Morgan fingerprint density at radius 2 is 0.500 bits per heavy atom. The second kappa shape index (κ2) is 72.3. The van der Waals surface area contributed by atoms with Crippen molar-refractivity contribution in [3.8, 4) is 0 Å². The third kappa shape index (κ3) is 68.0. The van der Waals surface area contributed by atoms with Gasteiger partial charge < -0.3 is 20.3 Å². The van der Waals surface area contributed by atoms with Crippen LogP contribution in [0, 0.1) is 0 Å². The normalized spacial score (nSPS) is 12.4. The molecule has 0 aliphatic carbocycles. The van der Waals surface area contributed by atoms with E-state index in [0.717, 1.165) is 38.5 Å². The molecule has 3 N–H and O–H groups in total. The fourth-order valence-corrected chi connectivity index (χ4v) is 12.6. The van der Waals surface area contributed by atoms with E-state index in [9.17, 15) is 19.8 Å². The zero-order valence-corrected chi connectivity index (χ0v) is 56.3. The topological polar surface area (TPSA) is 95.9 Å². The molecule has 0 rings (SSSR count). The smallest absolute Gasteiger partial charge is 0.305 e. The van der Waals surface area contributed by atoms with Gasteiger partial charge in [-0.1, -0.05) is 412 Å². The van der Waals surface area contributed by atoms with E-state index in [1.54, 1.807) is 0 Å². The van der Waals surface area contributed by atoms with Gasteiger partial charge in [0, 0.05) is 12.8 Å². The number of aliphatic hydroxyl groups is 2. The number of nitrogens with one attached hydrogen (secondary N) is 1. The number of unbranched alkanes of at least 4 members (excludes halogenated alkanes) is 62. The molecule has 2 unspecified atom stereocenters. The number of amides is 1. The number of hydrogen-bond acceptors (Lipinski definition) is 5. The summed E-state index contributed by atoms with van der Waals surface area (Å²) in [5, 5.41) is 23.4. The van der Waals surface area contributed by atoms with Crippen LogP contribution in [0.1, 0.15) is 450 Å². The van der Waals surface area contributed by atoms with Crippen LogP contribution in [0.2, 0.25) is 0 Å². The maximum absolute atomic E-state index is 12.5. The predicted molar refractivity (Wildman–Crippen MR) is 361 cm³/mol. The fraction of sp³-hybridized carbons (Fsp3) is 0.974. The van der Waals surface area contributed by atoms with Gasteiger partial charge in [-0.15, -0.1) is 0 Å². The largest absolute Gasteiger partial charge is 0.466 e. The monoisotopic (exact) mass is 1160 g/mol. The maximum atomic E-state index is 12.5. The first-order valence-electron chi connectivity index (χ1n) is 38.3. The van der Waals surface area contributed by atoms with Crippen molar-refractivity contribution in [1.29, 1.82) is 0 Å². The van der Waals surface area contributed by atoms with Crippen molar-refractivity contribution in [1.82, 2.24) is 5.32 Å². The summed E-state index contributed by atoms with van der Waals surface area (Å²) < 4.78 is 5.51. The number of aliphatic hydroxyl groups excluding tert-OH is 2. The molecule has 0 saturated heterocycles. The average Bonchev–Trinajstić information content (AvgIpc) is 3.48. The maximum Gasteiger partial charge on any atom is 0.305 e. The minimum Gasteiger partial charge on any atom is -0.466 e. The second-order valence-electron chi connectivity index (χ2n) is 26.7. The summed E-state index contributed by atoms with van der Waals surface area (Å²) in [6, 6.07) is -0.538. The molecule has 0 radical (unpaired) electrons. The van der Waals surface area contributed by atoms with Crippen molar-refractivity contribution >= 4 is 11.9 Å². The van der Waals surface area contributed by atoms with Crippen molar-refractivity contribution in [2.24, 2.45) is 0 Å². The van der Waals surface area contributed by atoms with Crippen molar-refractivity contribution in [3.05, 3.63) is 0 Å². The zero-order valence-electron chi connectivity index (χ0n) is 56.3. The number of ether oxygens (including phenoxy) is 1. The van der Waals surface area contributed by atoms with Crippen LogP contribution in [0.15, 0.2) is 0 Å². The highest BCUT2D eigenvalue weighted by Crippen LogP contribution is 2.20. The van der Waals surface area contributed by atoms with Crippen LogP contribution in [-0.2, 0) is 14.3 Å². The van der Waals surface area contributed by atoms with E-state index in [2.05, 4.69) is 19.2 Å². The molecule has 0 bridgehead atoms. The average molecular weight is 1160 g/mol. The highest BCUT2D eigenvalue weighted by atomic mass is 16.5. The molecule has 82 heavy (non-hydrogen) atoms. The van der Waals surface area contributed by atoms with Gasteiger partial charge in [0.05, 0.1) is 25.4 Å². The lowest BCUT2D eigenvalue weighted by molar-refractivity contribution is -0.143. The van der Waals surface area contributed by atoms with Crippen LogP contribution < -0.4 is 5.32 Å². The summed E-state index contributed by atoms with van der Waals surface area (Å²) in [4.78, 5) is 24.6. The molecule has 6 nitrogen and oxygen atoms in total. The van der Waals surface area contributed by atoms with Crippen molar-refractivity contribution in [2.45, 2.75) is 463 Å². The predicted octanol–water partition coefficient (Wildman–Crippen LogP) is 24.9. The third-order valence-electron chi connectivity index (χ3n) is 18.4. The lowest BCUT2D eigenvalue weighted by atomic mass is 10.0. The Kier molecular flexibility index (Phi) is 71.3. The van der Waals surface area contributed by atoms with E-state index in [0.29, 0.717) is 25.9 Å². The number of rotatable bonds is 73. The molecular weight excluding hydrogens is 1010 g/mol.